The van der Waals surface area contributed by atoms with E-state index >= 15 is 0 Å². The van der Waals surface area contributed by atoms with Crippen LogP contribution in [0.2, 0.25) is 0 Å². The quantitative estimate of drug-likeness (QED) is 0.346. The van der Waals surface area contributed by atoms with E-state index in [1.54, 1.807) is 6.07 Å². The smallest absolute Gasteiger partial charge is 0.293 e. The molecule has 1 aromatic carbocycles. The molecule has 0 radical (unpaired) electrons. The summed E-state index contributed by atoms with van der Waals surface area (Å²) in [5.41, 5.74) is 0.904. The lowest BCUT2D eigenvalue weighted by Crippen LogP contribution is -2.46. The van der Waals surface area contributed by atoms with E-state index in [9.17, 15) is 10.1 Å². The van der Waals surface area contributed by atoms with Gasteiger partial charge >= 0.3 is 0 Å². The van der Waals surface area contributed by atoms with Crippen molar-refractivity contribution < 1.29 is 4.92 Å². The van der Waals surface area contributed by atoms with Gasteiger partial charge in [-0.05, 0) is 34.7 Å². The highest BCUT2D eigenvalue weighted by Crippen LogP contribution is 2.30. The summed E-state index contributed by atoms with van der Waals surface area (Å²) in [7, 11) is 0. The number of nitro groups is 1. The minimum absolute atomic E-state index is 0.189. The maximum atomic E-state index is 11.2. The zero-order valence-corrected chi connectivity index (χ0v) is 13.2. The van der Waals surface area contributed by atoms with Crippen LogP contribution < -0.4 is 4.90 Å². The number of halogens is 1. The van der Waals surface area contributed by atoms with Crippen molar-refractivity contribution in [1.82, 2.24) is 4.90 Å². The summed E-state index contributed by atoms with van der Waals surface area (Å²) in [6.07, 6.45) is 6.02. The van der Waals surface area contributed by atoms with E-state index in [1.165, 1.54) is 0 Å². The first-order valence-electron chi connectivity index (χ1n) is 6.46. The number of terminal acetylenes is 1. The van der Waals surface area contributed by atoms with Crippen molar-refractivity contribution in [3.05, 3.63) is 31.9 Å². The van der Waals surface area contributed by atoms with Gasteiger partial charge in [0.1, 0.15) is 5.69 Å². The van der Waals surface area contributed by atoms with Crippen LogP contribution >= 0.6 is 22.6 Å². The van der Waals surface area contributed by atoms with Gasteiger partial charge in [-0.1, -0.05) is 0 Å². The maximum absolute atomic E-state index is 11.2. The summed E-state index contributed by atoms with van der Waals surface area (Å²) in [5.74, 6) is 2.64. The van der Waals surface area contributed by atoms with Gasteiger partial charge < -0.3 is 4.90 Å². The monoisotopic (exact) mass is 385 g/mol. The minimum atomic E-state index is -0.303. The second-order valence-electron chi connectivity index (χ2n) is 4.67. The Bertz CT molecular complexity index is 534. The molecule has 0 aliphatic carbocycles. The largest absolute Gasteiger partial charge is 0.363 e. The zero-order valence-electron chi connectivity index (χ0n) is 11.1. The van der Waals surface area contributed by atoms with Crippen molar-refractivity contribution in [2.45, 2.75) is 6.42 Å². The molecule has 1 heterocycles. The number of rotatable bonds is 4. The Hall–Kier alpha value is -1.33. The summed E-state index contributed by atoms with van der Waals surface area (Å²) in [6, 6.07) is 5.38. The molecule has 1 aliphatic heterocycles. The molecule has 0 bridgehead atoms. The Morgan fingerprint density at radius 3 is 2.65 bits per heavy atom. The van der Waals surface area contributed by atoms with Crippen LogP contribution in [0.25, 0.3) is 0 Å². The van der Waals surface area contributed by atoms with E-state index in [0.717, 1.165) is 42.7 Å². The van der Waals surface area contributed by atoms with Crippen LogP contribution in [0.5, 0.6) is 0 Å². The van der Waals surface area contributed by atoms with E-state index in [4.69, 9.17) is 6.42 Å². The van der Waals surface area contributed by atoms with E-state index in [1.807, 2.05) is 12.1 Å². The first-order valence-corrected chi connectivity index (χ1v) is 7.54. The standard InChI is InChI=1S/C14H16IN3O2/c1-2-3-6-16-7-9-17(10-8-16)13-5-4-12(15)11-14(13)18(19)20/h1,4-5,11H,3,6-10H2. The summed E-state index contributed by atoms with van der Waals surface area (Å²) in [6.45, 7) is 4.28. The van der Waals surface area contributed by atoms with E-state index in [2.05, 4.69) is 38.3 Å². The highest BCUT2D eigenvalue weighted by atomic mass is 127. The van der Waals surface area contributed by atoms with Gasteiger partial charge in [-0.2, -0.15) is 0 Å². The van der Waals surface area contributed by atoms with Gasteiger partial charge in [-0.25, -0.2) is 0 Å². The van der Waals surface area contributed by atoms with Crippen molar-refractivity contribution in [2.24, 2.45) is 0 Å². The predicted octanol–water partition coefficient (Wildman–Crippen LogP) is 2.34. The highest BCUT2D eigenvalue weighted by Gasteiger charge is 2.23. The SMILES string of the molecule is C#CCCN1CCN(c2ccc(I)cc2[N+](=O)[O-])CC1. The van der Waals surface area contributed by atoms with Gasteiger partial charge in [0.15, 0.2) is 0 Å². The number of piperazine rings is 1. The number of nitro benzene ring substituents is 1. The van der Waals surface area contributed by atoms with Crippen molar-refractivity contribution >= 4 is 34.0 Å². The number of hydrogen-bond donors (Lipinski definition) is 0. The lowest BCUT2D eigenvalue weighted by Gasteiger charge is -2.35. The molecule has 1 aromatic rings. The average molecular weight is 385 g/mol. The molecule has 2 rings (SSSR count). The molecule has 0 unspecified atom stereocenters. The second-order valence-corrected chi connectivity index (χ2v) is 5.92. The van der Waals surface area contributed by atoms with Crippen LogP contribution in [-0.4, -0.2) is 42.5 Å². The third-order valence-electron chi connectivity index (χ3n) is 3.42. The Balaban J connectivity index is 2.07. The number of nitrogens with zero attached hydrogens (tertiary/aromatic N) is 3. The number of benzene rings is 1. The average Bonchev–Trinajstić information content (AvgIpc) is 2.45. The van der Waals surface area contributed by atoms with Gasteiger partial charge in [0.05, 0.1) is 4.92 Å². The van der Waals surface area contributed by atoms with E-state index in [0.29, 0.717) is 5.69 Å². The summed E-state index contributed by atoms with van der Waals surface area (Å²) in [5, 5.41) is 11.2. The third-order valence-corrected chi connectivity index (χ3v) is 4.09. The van der Waals surface area contributed by atoms with Crippen LogP contribution in [0.15, 0.2) is 18.2 Å². The molecule has 20 heavy (non-hydrogen) atoms. The number of hydrogen-bond acceptors (Lipinski definition) is 4. The molecule has 0 amide bonds. The predicted molar refractivity (Wildman–Crippen MR) is 87.9 cm³/mol. The third kappa shape index (κ3) is 3.61. The lowest BCUT2D eigenvalue weighted by atomic mass is 10.2. The first-order chi connectivity index (χ1) is 9.61. The van der Waals surface area contributed by atoms with E-state index in [-0.39, 0.29) is 10.6 Å². The Morgan fingerprint density at radius 1 is 1.35 bits per heavy atom. The molecule has 0 spiro atoms. The highest BCUT2D eigenvalue weighted by molar-refractivity contribution is 14.1. The molecule has 0 N–H and O–H groups in total. The Kier molecular flexibility index (Phi) is 5.20. The normalized spacial score (nSPS) is 15.9. The van der Waals surface area contributed by atoms with Crippen molar-refractivity contribution in [2.75, 3.05) is 37.6 Å². The number of anilines is 1. The molecule has 0 atom stereocenters. The van der Waals surface area contributed by atoms with Crippen LogP contribution in [0.1, 0.15) is 6.42 Å². The van der Waals surface area contributed by atoms with Crippen molar-refractivity contribution in [3.63, 3.8) is 0 Å². The molecule has 1 saturated heterocycles. The van der Waals surface area contributed by atoms with Crippen LogP contribution in [0, 0.1) is 26.0 Å². The molecule has 1 aliphatic rings. The molecule has 0 saturated carbocycles. The zero-order chi connectivity index (χ0) is 14.5. The minimum Gasteiger partial charge on any atom is -0.363 e. The fourth-order valence-corrected chi connectivity index (χ4v) is 2.82. The van der Waals surface area contributed by atoms with E-state index < -0.39 is 0 Å². The van der Waals surface area contributed by atoms with Gasteiger partial charge in [-0.3, -0.25) is 15.0 Å². The summed E-state index contributed by atoms with van der Waals surface area (Å²) in [4.78, 5) is 15.2. The molecule has 0 aromatic heterocycles. The van der Waals surface area contributed by atoms with Crippen molar-refractivity contribution in [1.29, 1.82) is 0 Å². The summed E-state index contributed by atoms with van der Waals surface area (Å²) >= 11 is 2.09. The molecular formula is C14H16IN3O2. The van der Waals surface area contributed by atoms with Crippen LogP contribution in [0.4, 0.5) is 11.4 Å². The van der Waals surface area contributed by atoms with Gasteiger partial charge in [-0.15, -0.1) is 12.3 Å². The van der Waals surface area contributed by atoms with Gasteiger partial charge in [0.25, 0.3) is 5.69 Å². The molecular weight excluding hydrogens is 369 g/mol. The molecule has 1 fully saturated rings. The topological polar surface area (TPSA) is 49.6 Å². The molecule has 6 heteroatoms. The van der Waals surface area contributed by atoms with Crippen LogP contribution in [-0.2, 0) is 0 Å². The van der Waals surface area contributed by atoms with Crippen molar-refractivity contribution in [3.8, 4) is 12.3 Å². The van der Waals surface area contributed by atoms with Gasteiger partial charge in [0.2, 0.25) is 0 Å². The van der Waals surface area contributed by atoms with Crippen LogP contribution in [0.3, 0.4) is 0 Å². The fraction of sp³-hybridized carbons (Fsp3) is 0.429. The molecule has 5 nitrogen and oxygen atoms in total. The Labute approximate surface area is 132 Å². The summed E-state index contributed by atoms with van der Waals surface area (Å²) < 4.78 is 0.880. The first kappa shape index (κ1) is 15.1. The molecule has 106 valence electrons. The Morgan fingerprint density at radius 2 is 2.05 bits per heavy atom. The fourth-order valence-electron chi connectivity index (χ4n) is 2.35. The second kappa shape index (κ2) is 6.90. The lowest BCUT2D eigenvalue weighted by molar-refractivity contribution is -0.384. The maximum Gasteiger partial charge on any atom is 0.293 e. The van der Waals surface area contributed by atoms with Gasteiger partial charge in [0, 0.05) is 48.8 Å².